The molecule has 0 unspecified atom stereocenters. The number of hydrogen-bond acceptors (Lipinski definition) is 8. The van der Waals surface area contributed by atoms with E-state index in [4.69, 9.17) is 33.0 Å². The summed E-state index contributed by atoms with van der Waals surface area (Å²) in [7, 11) is 1.48. The number of allylic oxidation sites excluding steroid dienone is 2. The first-order chi connectivity index (χ1) is 24.4. The van der Waals surface area contributed by atoms with Gasteiger partial charge >= 0.3 is 5.97 Å². The van der Waals surface area contributed by atoms with Crippen molar-refractivity contribution in [2.24, 2.45) is 23.7 Å². The molecule has 3 N–H and O–H groups in total. The molecule has 51 heavy (non-hydrogen) atoms. The number of imide groups is 2. The van der Waals surface area contributed by atoms with Crippen molar-refractivity contribution in [3.8, 4) is 11.5 Å². The lowest BCUT2D eigenvalue weighted by atomic mass is 9.49. The average Bonchev–Trinajstić information content (AvgIpc) is 3.47. The van der Waals surface area contributed by atoms with Crippen LogP contribution in [0.5, 0.6) is 11.5 Å². The number of nitrogens with zero attached hydrogens (tertiary/aromatic N) is 2. The van der Waals surface area contributed by atoms with Gasteiger partial charge in [0.1, 0.15) is 5.75 Å². The number of ether oxygens (including phenoxy) is 1. The molecule has 264 valence electrons. The zero-order valence-electron chi connectivity index (χ0n) is 27.1. The molecule has 0 spiro atoms. The van der Waals surface area contributed by atoms with Crippen LogP contribution in [-0.2, 0) is 29.4 Å². The van der Waals surface area contributed by atoms with Gasteiger partial charge in [0.15, 0.2) is 11.6 Å². The van der Waals surface area contributed by atoms with Crippen LogP contribution in [0.3, 0.4) is 0 Å². The van der Waals surface area contributed by atoms with E-state index in [9.17, 15) is 24.3 Å². The van der Waals surface area contributed by atoms with E-state index >= 15 is 9.18 Å². The largest absolute Gasteiger partial charge is 0.505 e. The number of carboxylic acids is 1. The summed E-state index contributed by atoms with van der Waals surface area (Å²) in [5.74, 6) is -9.32. The van der Waals surface area contributed by atoms with Crippen LogP contribution in [0.2, 0.25) is 10.0 Å². The minimum Gasteiger partial charge on any atom is -0.505 e. The lowest BCUT2D eigenvalue weighted by molar-refractivity contribution is -0.142. The summed E-state index contributed by atoms with van der Waals surface area (Å²) >= 11 is 12.6. The highest BCUT2D eigenvalue weighted by Gasteiger charge is 2.70. The van der Waals surface area contributed by atoms with E-state index in [1.807, 2.05) is 0 Å². The summed E-state index contributed by atoms with van der Waals surface area (Å²) in [4.78, 5) is 69.9. The normalized spacial score (nSPS) is 26.8. The van der Waals surface area contributed by atoms with E-state index in [0.29, 0.717) is 21.9 Å². The Labute approximate surface area is 301 Å². The van der Waals surface area contributed by atoms with Crippen LogP contribution >= 0.6 is 23.2 Å². The van der Waals surface area contributed by atoms with Gasteiger partial charge in [-0.15, -0.1) is 0 Å². The third kappa shape index (κ3) is 5.34. The number of halogens is 3. The minimum absolute atomic E-state index is 0.0350. The second-order valence-corrected chi connectivity index (χ2v) is 14.1. The molecular formula is C37H32Cl2FN3O8. The predicted molar refractivity (Wildman–Crippen MR) is 182 cm³/mol. The molecule has 2 aliphatic heterocycles. The van der Waals surface area contributed by atoms with Gasteiger partial charge in [-0.1, -0.05) is 59.1 Å². The molecule has 1 saturated carbocycles. The Balaban J connectivity index is 1.42. The highest BCUT2D eigenvalue weighted by Crippen LogP contribution is 2.65. The van der Waals surface area contributed by atoms with Gasteiger partial charge < -0.3 is 14.9 Å². The number of hydrogen-bond donors (Lipinski definition) is 3. The fourth-order valence-corrected chi connectivity index (χ4v) is 9.08. The van der Waals surface area contributed by atoms with Crippen LogP contribution in [0.1, 0.15) is 42.7 Å². The van der Waals surface area contributed by atoms with Crippen LogP contribution in [-0.4, -0.2) is 63.4 Å². The monoisotopic (exact) mass is 735 g/mol. The standard InChI is InChI=1S/C37H32Cl2FN3O8/c1-51-20-10-7-18(8-11-20)37-25(34(48)43(36(37)50)41-28-14-9-19(38)16-26(28)39)17-24-21(31(37)23-4-2-5-27(40)32(23)46)12-13-22-30(24)35(49)42(33(22)47)15-3-6-29(44)45/h2,4-5,7-12,14,16,22,24-25,30-31,41,46H,3,6,13,15,17H2,1H3,(H,44,45)/t22-,24+,25-,30-,31+,37+/m0/s1. The number of para-hydroxylation sites is 1. The molecule has 6 atom stereocenters. The molecular weight excluding hydrogens is 704 g/mol. The van der Waals surface area contributed by atoms with Crippen molar-refractivity contribution in [2.75, 3.05) is 19.1 Å². The molecule has 4 amide bonds. The number of phenols is 1. The summed E-state index contributed by atoms with van der Waals surface area (Å²) in [6.07, 6.45) is 1.69. The Bertz CT molecular complexity index is 2020. The van der Waals surface area contributed by atoms with Gasteiger partial charge in [-0.05, 0) is 67.1 Å². The Morgan fingerprint density at radius 2 is 1.76 bits per heavy atom. The third-order valence-corrected chi connectivity index (χ3v) is 11.3. The maximum atomic E-state index is 15.3. The number of hydrazine groups is 1. The van der Waals surface area contributed by atoms with Gasteiger partial charge in [-0.3, -0.25) is 34.3 Å². The number of nitrogens with one attached hydrogen (secondary N) is 1. The number of methoxy groups -OCH3 is 1. The number of carboxylic acid groups (broad SMARTS) is 1. The molecule has 2 aliphatic carbocycles. The van der Waals surface area contributed by atoms with E-state index in [1.54, 1.807) is 30.3 Å². The number of carbonyl (C=O) groups is 5. The molecule has 3 fully saturated rings. The zero-order valence-corrected chi connectivity index (χ0v) is 28.7. The van der Waals surface area contributed by atoms with Crippen molar-refractivity contribution in [1.29, 1.82) is 0 Å². The van der Waals surface area contributed by atoms with Crippen LogP contribution in [0.15, 0.2) is 72.3 Å². The molecule has 14 heteroatoms. The van der Waals surface area contributed by atoms with Crippen LogP contribution in [0, 0.1) is 29.5 Å². The number of amides is 4. The number of rotatable bonds is 9. The summed E-state index contributed by atoms with van der Waals surface area (Å²) in [5.41, 5.74) is 2.25. The van der Waals surface area contributed by atoms with Crippen molar-refractivity contribution in [1.82, 2.24) is 9.91 Å². The topological polar surface area (TPSA) is 154 Å². The van der Waals surface area contributed by atoms with E-state index < -0.39 is 76.2 Å². The maximum Gasteiger partial charge on any atom is 0.303 e. The van der Waals surface area contributed by atoms with Crippen molar-refractivity contribution in [2.45, 2.75) is 37.0 Å². The average molecular weight is 737 g/mol. The fraction of sp³-hybridized carbons (Fsp3) is 0.324. The predicted octanol–water partition coefficient (Wildman–Crippen LogP) is 5.70. The van der Waals surface area contributed by atoms with Crippen LogP contribution in [0.4, 0.5) is 10.1 Å². The third-order valence-electron chi connectivity index (χ3n) is 10.8. The second-order valence-electron chi connectivity index (χ2n) is 13.2. The molecule has 3 aromatic carbocycles. The number of benzene rings is 3. The van der Waals surface area contributed by atoms with E-state index in [2.05, 4.69) is 5.43 Å². The lowest BCUT2D eigenvalue weighted by Crippen LogP contribution is -2.53. The molecule has 0 aromatic heterocycles. The molecule has 7 rings (SSSR count). The van der Waals surface area contributed by atoms with Gasteiger partial charge in [-0.25, -0.2) is 4.39 Å². The molecule has 0 radical (unpaired) electrons. The van der Waals surface area contributed by atoms with E-state index in [-0.39, 0.29) is 48.5 Å². The first kappa shape index (κ1) is 34.5. The molecule has 3 aromatic rings. The van der Waals surface area contributed by atoms with E-state index in [0.717, 1.165) is 16.0 Å². The maximum absolute atomic E-state index is 15.3. The van der Waals surface area contributed by atoms with Crippen LogP contribution < -0.4 is 10.2 Å². The smallest absolute Gasteiger partial charge is 0.303 e. The highest BCUT2D eigenvalue weighted by atomic mass is 35.5. The zero-order chi connectivity index (χ0) is 36.4. The summed E-state index contributed by atoms with van der Waals surface area (Å²) in [6.45, 7) is -0.0800. The molecule has 2 saturated heterocycles. The Hall–Kier alpha value is -4.94. The Morgan fingerprint density at radius 3 is 2.45 bits per heavy atom. The number of fused-ring (bicyclic) bond motifs is 4. The van der Waals surface area contributed by atoms with Crippen LogP contribution in [0.25, 0.3) is 0 Å². The number of likely N-dealkylation sites (tertiary alicyclic amines) is 1. The second kappa shape index (κ2) is 13.0. The highest BCUT2D eigenvalue weighted by molar-refractivity contribution is 6.36. The molecule has 11 nitrogen and oxygen atoms in total. The van der Waals surface area contributed by atoms with Crippen molar-refractivity contribution in [3.05, 3.63) is 99.3 Å². The quantitative estimate of drug-likeness (QED) is 0.186. The summed E-state index contributed by atoms with van der Waals surface area (Å²) < 4.78 is 20.6. The van der Waals surface area contributed by atoms with Crippen molar-refractivity contribution >= 4 is 58.5 Å². The SMILES string of the molecule is COc1ccc([C@@]23C(=O)N(Nc4ccc(Cl)cc4Cl)C(=O)[C@@H]2C[C@@H]2C(=CC[C@@H]4C(=O)N(CCCC(=O)O)C(=O)[C@@H]42)[C@@H]3c2cccc(F)c2O)cc1. The van der Waals surface area contributed by atoms with Gasteiger partial charge in [0.05, 0.1) is 41.0 Å². The van der Waals surface area contributed by atoms with Gasteiger partial charge in [0, 0.05) is 29.5 Å². The fourth-order valence-electron chi connectivity index (χ4n) is 8.63. The number of aliphatic carboxylic acids is 1. The van der Waals surface area contributed by atoms with Gasteiger partial charge in [0.25, 0.3) is 11.8 Å². The number of phenolic OH excluding ortho intramolecular Hbond substituents is 1. The molecule has 2 heterocycles. The minimum atomic E-state index is -1.78. The van der Waals surface area contributed by atoms with Crippen molar-refractivity contribution in [3.63, 3.8) is 0 Å². The summed E-state index contributed by atoms with van der Waals surface area (Å²) in [6, 6.07) is 15.0. The van der Waals surface area contributed by atoms with Crippen molar-refractivity contribution < 1.29 is 43.3 Å². The first-order valence-electron chi connectivity index (χ1n) is 16.4. The first-order valence-corrected chi connectivity index (χ1v) is 17.1. The van der Waals surface area contributed by atoms with Gasteiger partial charge in [0.2, 0.25) is 11.8 Å². The lowest BCUT2D eigenvalue weighted by Gasteiger charge is -2.50. The van der Waals surface area contributed by atoms with Gasteiger partial charge in [-0.2, -0.15) is 5.01 Å². The number of aromatic hydroxyl groups is 1. The number of anilines is 1. The Kier molecular flexibility index (Phi) is 8.79. The summed E-state index contributed by atoms with van der Waals surface area (Å²) in [5, 5.41) is 21.8. The number of carbonyl (C=O) groups excluding carboxylic acids is 4. The Morgan fingerprint density at radius 1 is 1.02 bits per heavy atom. The molecule has 4 aliphatic rings. The van der Waals surface area contributed by atoms with E-state index in [1.165, 1.54) is 37.4 Å². The molecule has 0 bridgehead atoms.